The Labute approximate surface area is 150 Å². The summed E-state index contributed by atoms with van der Waals surface area (Å²) in [4.78, 5) is 2.44. The molecule has 1 fully saturated rings. The van der Waals surface area contributed by atoms with Gasteiger partial charge in [-0.05, 0) is 18.1 Å². The molecule has 1 aliphatic rings. The summed E-state index contributed by atoms with van der Waals surface area (Å²) in [6.07, 6.45) is 1.28. The van der Waals surface area contributed by atoms with Crippen molar-refractivity contribution in [1.82, 2.24) is 10.2 Å². The van der Waals surface area contributed by atoms with Gasteiger partial charge in [-0.25, -0.2) is 8.42 Å². The van der Waals surface area contributed by atoms with Gasteiger partial charge >= 0.3 is 0 Å². The first-order chi connectivity index (χ1) is 11.9. The molecule has 3 rings (SSSR count). The minimum Gasteiger partial charge on any atom is -0.308 e. The van der Waals surface area contributed by atoms with Crippen LogP contribution >= 0.6 is 0 Å². The van der Waals surface area contributed by atoms with Crippen molar-refractivity contribution in [2.45, 2.75) is 18.5 Å². The highest BCUT2D eigenvalue weighted by atomic mass is 32.2. The van der Waals surface area contributed by atoms with Gasteiger partial charge in [-0.1, -0.05) is 60.7 Å². The molecule has 0 spiro atoms. The van der Waals surface area contributed by atoms with E-state index in [0.29, 0.717) is 6.54 Å². The average Bonchev–Trinajstić information content (AvgIpc) is 2.54. The Balaban J connectivity index is 1.70. The van der Waals surface area contributed by atoms with Crippen LogP contribution in [0, 0.1) is 0 Å². The zero-order valence-electron chi connectivity index (χ0n) is 14.9. The Hall–Kier alpha value is -1.69. The fourth-order valence-corrected chi connectivity index (χ4v) is 4.04. The minimum absolute atomic E-state index is 0.0352. The van der Waals surface area contributed by atoms with Gasteiger partial charge in [-0.3, -0.25) is 4.90 Å². The molecule has 1 aliphatic heterocycles. The molecular formula is C20H26N2O2S. The monoisotopic (exact) mass is 358 g/mol. The SMILES string of the molecule is CC1(NCCS(C)(=O)=O)CN(C(c2ccccc2)c2ccccc2)C1. The molecule has 1 saturated heterocycles. The summed E-state index contributed by atoms with van der Waals surface area (Å²) in [5.74, 6) is 0.184. The van der Waals surface area contributed by atoms with Crippen LogP contribution in [0.25, 0.3) is 0 Å². The van der Waals surface area contributed by atoms with Crippen molar-refractivity contribution in [3.63, 3.8) is 0 Å². The zero-order chi connectivity index (χ0) is 17.9. The lowest BCUT2D eigenvalue weighted by atomic mass is 9.86. The van der Waals surface area contributed by atoms with Crippen molar-refractivity contribution < 1.29 is 8.42 Å². The second kappa shape index (κ2) is 7.28. The van der Waals surface area contributed by atoms with Gasteiger partial charge < -0.3 is 5.32 Å². The summed E-state index contributed by atoms with van der Waals surface area (Å²) in [6.45, 7) is 4.46. The molecule has 5 heteroatoms. The van der Waals surface area contributed by atoms with E-state index in [1.165, 1.54) is 17.4 Å². The molecule has 0 unspecified atom stereocenters. The van der Waals surface area contributed by atoms with E-state index in [1.54, 1.807) is 0 Å². The fraction of sp³-hybridized carbons (Fsp3) is 0.400. The highest BCUT2D eigenvalue weighted by molar-refractivity contribution is 7.90. The molecule has 1 N–H and O–H groups in total. The van der Waals surface area contributed by atoms with Crippen LogP contribution in [0.15, 0.2) is 60.7 Å². The van der Waals surface area contributed by atoms with E-state index in [1.807, 2.05) is 12.1 Å². The van der Waals surface area contributed by atoms with Crippen LogP contribution in [0.1, 0.15) is 24.1 Å². The summed E-state index contributed by atoms with van der Waals surface area (Å²) in [7, 11) is -2.92. The Morgan fingerprint density at radius 3 is 1.92 bits per heavy atom. The van der Waals surface area contributed by atoms with Crippen molar-refractivity contribution >= 4 is 9.84 Å². The quantitative estimate of drug-likeness (QED) is 0.826. The average molecular weight is 359 g/mol. The van der Waals surface area contributed by atoms with Crippen LogP contribution in [-0.2, 0) is 9.84 Å². The maximum Gasteiger partial charge on any atom is 0.148 e. The highest BCUT2D eigenvalue weighted by Gasteiger charge is 2.42. The lowest BCUT2D eigenvalue weighted by Gasteiger charge is -2.52. The summed E-state index contributed by atoms with van der Waals surface area (Å²) in [5.41, 5.74) is 2.53. The lowest BCUT2D eigenvalue weighted by Crippen LogP contribution is -2.68. The summed E-state index contributed by atoms with van der Waals surface area (Å²) >= 11 is 0. The van der Waals surface area contributed by atoms with E-state index in [2.05, 4.69) is 65.7 Å². The molecule has 0 radical (unpaired) electrons. The molecule has 0 amide bonds. The molecular weight excluding hydrogens is 332 g/mol. The highest BCUT2D eigenvalue weighted by Crippen LogP contribution is 2.35. The minimum atomic E-state index is -2.92. The van der Waals surface area contributed by atoms with Crippen LogP contribution in [0.4, 0.5) is 0 Å². The normalized spacial score (nSPS) is 17.4. The van der Waals surface area contributed by atoms with Gasteiger partial charge in [0.25, 0.3) is 0 Å². The molecule has 0 atom stereocenters. The van der Waals surface area contributed by atoms with Gasteiger partial charge in [-0.15, -0.1) is 0 Å². The standard InChI is InChI=1S/C20H26N2O2S/c1-20(21-13-14-25(2,23)24)15-22(16-20)19(17-9-5-3-6-10-17)18-11-7-4-8-12-18/h3-12,19,21H,13-16H2,1-2H3. The van der Waals surface area contributed by atoms with Crippen molar-refractivity contribution in [2.75, 3.05) is 31.6 Å². The largest absolute Gasteiger partial charge is 0.308 e. The van der Waals surface area contributed by atoms with Crippen LogP contribution < -0.4 is 5.32 Å². The third-order valence-electron chi connectivity index (χ3n) is 4.72. The Morgan fingerprint density at radius 1 is 1.00 bits per heavy atom. The van der Waals surface area contributed by atoms with Gasteiger partial charge in [0, 0.05) is 31.4 Å². The molecule has 2 aromatic carbocycles. The summed E-state index contributed by atoms with van der Waals surface area (Å²) in [6, 6.07) is 21.3. The Bertz CT molecular complexity index is 745. The number of nitrogens with one attached hydrogen (secondary N) is 1. The number of nitrogens with zero attached hydrogens (tertiary/aromatic N) is 1. The van der Waals surface area contributed by atoms with E-state index in [0.717, 1.165) is 13.1 Å². The number of sulfone groups is 1. The first-order valence-electron chi connectivity index (χ1n) is 8.63. The van der Waals surface area contributed by atoms with E-state index in [9.17, 15) is 8.42 Å². The summed E-state index contributed by atoms with van der Waals surface area (Å²) in [5, 5.41) is 3.42. The van der Waals surface area contributed by atoms with E-state index in [4.69, 9.17) is 0 Å². The lowest BCUT2D eigenvalue weighted by molar-refractivity contribution is 0.0301. The maximum absolute atomic E-state index is 11.3. The zero-order valence-corrected chi connectivity index (χ0v) is 15.7. The molecule has 4 nitrogen and oxygen atoms in total. The molecule has 0 bridgehead atoms. The Morgan fingerprint density at radius 2 is 1.48 bits per heavy atom. The molecule has 134 valence electrons. The topological polar surface area (TPSA) is 49.4 Å². The second-order valence-corrected chi connectivity index (χ2v) is 9.51. The van der Waals surface area contributed by atoms with Crippen LogP contribution in [-0.4, -0.2) is 50.5 Å². The predicted octanol–water partition coefficient (Wildman–Crippen LogP) is 2.48. The molecule has 1 heterocycles. The van der Waals surface area contributed by atoms with Gasteiger partial charge in [0.05, 0.1) is 11.8 Å². The molecule has 0 aliphatic carbocycles. The fourth-order valence-electron chi connectivity index (χ4n) is 3.57. The van der Waals surface area contributed by atoms with Crippen molar-refractivity contribution in [3.8, 4) is 0 Å². The first-order valence-corrected chi connectivity index (χ1v) is 10.7. The van der Waals surface area contributed by atoms with Gasteiger partial charge in [0.1, 0.15) is 9.84 Å². The van der Waals surface area contributed by atoms with Gasteiger partial charge in [-0.2, -0.15) is 0 Å². The third-order valence-corrected chi connectivity index (χ3v) is 5.67. The maximum atomic E-state index is 11.3. The predicted molar refractivity (Wildman–Crippen MR) is 102 cm³/mol. The van der Waals surface area contributed by atoms with Gasteiger partial charge in [0.2, 0.25) is 0 Å². The van der Waals surface area contributed by atoms with Crippen molar-refractivity contribution in [3.05, 3.63) is 71.8 Å². The van der Waals surface area contributed by atoms with E-state index in [-0.39, 0.29) is 17.3 Å². The Kier molecular flexibility index (Phi) is 5.27. The summed E-state index contributed by atoms with van der Waals surface area (Å²) < 4.78 is 22.6. The second-order valence-electron chi connectivity index (χ2n) is 7.25. The first kappa shape index (κ1) is 18.1. The third kappa shape index (κ3) is 4.69. The van der Waals surface area contributed by atoms with Crippen LogP contribution in [0.2, 0.25) is 0 Å². The van der Waals surface area contributed by atoms with Gasteiger partial charge in [0.15, 0.2) is 0 Å². The molecule has 2 aromatic rings. The van der Waals surface area contributed by atoms with Crippen LogP contribution in [0.3, 0.4) is 0 Å². The number of rotatable bonds is 7. The molecule has 25 heavy (non-hydrogen) atoms. The smallest absolute Gasteiger partial charge is 0.148 e. The molecule has 0 saturated carbocycles. The van der Waals surface area contributed by atoms with Crippen molar-refractivity contribution in [1.29, 1.82) is 0 Å². The van der Waals surface area contributed by atoms with Crippen molar-refractivity contribution in [2.24, 2.45) is 0 Å². The molecule has 0 aromatic heterocycles. The van der Waals surface area contributed by atoms with E-state index < -0.39 is 9.84 Å². The number of hydrogen-bond donors (Lipinski definition) is 1. The number of likely N-dealkylation sites (tertiary alicyclic amines) is 1. The number of benzene rings is 2. The van der Waals surface area contributed by atoms with E-state index >= 15 is 0 Å². The number of hydrogen-bond acceptors (Lipinski definition) is 4. The van der Waals surface area contributed by atoms with Crippen LogP contribution in [0.5, 0.6) is 0 Å².